The van der Waals surface area contributed by atoms with Crippen LogP contribution in [0.1, 0.15) is 51.6 Å². The van der Waals surface area contributed by atoms with E-state index in [1.165, 1.54) is 19.3 Å². The Bertz CT molecular complexity index is 390. The fraction of sp³-hybridized carbons (Fsp3) is 0.625. The van der Waals surface area contributed by atoms with Crippen molar-refractivity contribution in [2.24, 2.45) is 11.8 Å². The third-order valence-electron chi connectivity index (χ3n) is 4.27. The molecule has 1 saturated carbocycles. The van der Waals surface area contributed by atoms with Crippen molar-refractivity contribution in [1.82, 2.24) is 5.32 Å². The van der Waals surface area contributed by atoms with Crippen LogP contribution in [0.15, 0.2) is 24.3 Å². The average Bonchev–Trinajstić information content (AvgIpc) is 2.33. The first kappa shape index (κ1) is 13.5. The Kier molecular flexibility index (Phi) is 4.39. The van der Waals surface area contributed by atoms with Crippen LogP contribution in [0, 0.1) is 17.7 Å². The zero-order valence-electron chi connectivity index (χ0n) is 11.6. The second kappa shape index (κ2) is 5.83. The second-order valence-electron chi connectivity index (χ2n) is 5.91. The van der Waals surface area contributed by atoms with Gasteiger partial charge in [-0.25, -0.2) is 4.39 Å². The van der Waals surface area contributed by atoms with Crippen LogP contribution in [-0.2, 0) is 0 Å². The molecule has 1 aromatic carbocycles. The molecule has 1 fully saturated rings. The molecule has 0 saturated heterocycles. The maximum Gasteiger partial charge on any atom is 0.127 e. The summed E-state index contributed by atoms with van der Waals surface area (Å²) in [4.78, 5) is 0. The Morgan fingerprint density at radius 1 is 1.22 bits per heavy atom. The summed E-state index contributed by atoms with van der Waals surface area (Å²) in [5.41, 5.74) is 0.781. The minimum Gasteiger partial charge on any atom is -0.307 e. The standard InChI is InChI=1S/C16H24FN/c1-11-8-9-16(12(2)10-11)18-13(3)14-6-4-5-7-15(14)17/h4-7,11-13,16,18H,8-10H2,1-3H3. The van der Waals surface area contributed by atoms with Gasteiger partial charge in [0.2, 0.25) is 0 Å². The summed E-state index contributed by atoms with van der Waals surface area (Å²) in [7, 11) is 0. The average molecular weight is 249 g/mol. The number of benzene rings is 1. The summed E-state index contributed by atoms with van der Waals surface area (Å²) < 4.78 is 13.7. The van der Waals surface area contributed by atoms with Gasteiger partial charge in [0.25, 0.3) is 0 Å². The van der Waals surface area contributed by atoms with Gasteiger partial charge < -0.3 is 5.32 Å². The van der Waals surface area contributed by atoms with Gasteiger partial charge in [-0.2, -0.15) is 0 Å². The number of rotatable bonds is 3. The molecule has 1 aliphatic carbocycles. The van der Waals surface area contributed by atoms with E-state index in [2.05, 4.69) is 26.1 Å². The summed E-state index contributed by atoms with van der Waals surface area (Å²) in [6.45, 7) is 6.69. The van der Waals surface area contributed by atoms with Crippen molar-refractivity contribution in [3.8, 4) is 0 Å². The van der Waals surface area contributed by atoms with Gasteiger partial charge in [-0.05, 0) is 44.1 Å². The third kappa shape index (κ3) is 3.11. The molecule has 18 heavy (non-hydrogen) atoms. The van der Waals surface area contributed by atoms with E-state index in [0.717, 1.165) is 11.5 Å². The molecule has 1 aromatic rings. The normalized spacial score (nSPS) is 30.1. The summed E-state index contributed by atoms with van der Waals surface area (Å²) in [5.74, 6) is 1.42. The Morgan fingerprint density at radius 2 is 1.94 bits per heavy atom. The smallest absolute Gasteiger partial charge is 0.127 e. The van der Waals surface area contributed by atoms with Gasteiger partial charge in [0.1, 0.15) is 5.82 Å². The molecule has 4 unspecified atom stereocenters. The SMILES string of the molecule is CC1CCC(NC(C)c2ccccc2F)C(C)C1. The van der Waals surface area contributed by atoms with Crippen molar-refractivity contribution in [3.05, 3.63) is 35.6 Å². The summed E-state index contributed by atoms with van der Waals surface area (Å²) in [6, 6.07) is 7.69. The molecule has 100 valence electrons. The fourth-order valence-corrected chi connectivity index (χ4v) is 3.15. The van der Waals surface area contributed by atoms with Crippen molar-refractivity contribution in [3.63, 3.8) is 0 Å². The van der Waals surface area contributed by atoms with E-state index < -0.39 is 0 Å². The Hall–Kier alpha value is -0.890. The fourth-order valence-electron chi connectivity index (χ4n) is 3.15. The molecule has 0 radical (unpaired) electrons. The molecule has 0 amide bonds. The monoisotopic (exact) mass is 249 g/mol. The third-order valence-corrected chi connectivity index (χ3v) is 4.27. The lowest BCUT2D eigenvalue weighted by Gasteiger charge is -2.35. The van der Waals surface area contributed by atoms with E-state index in [1.807, 2.05) is 12.1 Å². The minimum absolute atomic E-state index is 0.0899. The molecular weight excluding hydrogens is 225 g/mol. The quantitative estimate of drug-likeness (QED) is 0.842. The summed E-state index contributed by atoms with van der Waals surface area (Å²) in [6.07, 6.45) is 3.77. The minimum atomic E-state index is -0.102. The van der Waals surface area contributed by atoms with E-state index in [4.69, 9.17) is 0 Å². The van der Waals surface area contributed by atoms with Crippen molar-refractivity contribution in [1.29, 1.82) is 0 Å². The largest absolute Gasteiger partial charge is 0.307 e. The van der Waals surface area contributed by atoms with Crippen LogP contribution in [0.2, 0.25) is 0 Å². The van der Waals surface area contributed by atoms with E-state index in [-0.39, 0.29) is 11.9 Å². The Morgan fingerprint density at radius 3 is 2.61 bits per heavy atom. The molecule has 0 spiro atoms. The first-order valence-corrected chi connectivity index (χ1v) is 7.08. The summed E-state index contributed by atoms with van der Waals surface area (Å²) in [5, 5.41) is 3.61. The van der Waals surface area contributed by atoms with Crippen LogP contribution in [0.25, 0.3) is 0 Å². The van der Waals surface area contributed by atoms with Crippen molar-refractivity contribution < 1.29 is 4.39 Å². The Labute approximate surface area is 110 Å². The van der Waals surface area contributed by atoms with Crippen molar-refractivity contribution in [2.75, 3.05) is 0 Å². The van der Waals surface area contributed by atoms with E-state index in [0.29, 0.717) is 12.0 Å². The van der Waals surface area contributed by atoms with Crippen LogP contribution in [0.4, 0.5) is 4.39 Å². The zero-order valence-corrected chi connectivity index (χ0v) is 11.6. The van der Waals surface area contributed by atoms with Crippen LogP contribution in [0.3, 0.4) is 0 Å². The highest BCUT2D eigenvalue weighted by atomic mass is 19.1. The lowest BCUT2D eigenvalue weighted by molar-refractivity contribution is 0.215. The molecule has 0 heterocycles. The number of nitrogens with one attached hydrogen (secondary N) is 1. The molecular formula is C16H24FN. The second-order valence-corrected chi connectivity index (χ2v) is 5.91. The van der Waals surface area contributed by atoms with Crippen LogP contribution in [0.5, 0.6) is 0 Å². The topological polar surface area (TPSA) is 12.0 Å². The molecule has 1 N–H and O–H groups in total. The molecule has 1 aliphatic rings. The van der Waals surface area contributed by atoms with Crippen molar-refractivity contribution >= 4 is 0 Å². The van der Waals surface area contributed by atoms with Crippen LogP contribution < -0.4 is 5.32 Å². The van der Waals surface area contributed by atoms with Gasteiger partial charge in [0, 0.05) is 17.6 Å². The summed E-state index contributed by atoms with van der Waals surface area (Å²) >= 11 is 0. The zero-order chi connectivity index (χ0) is 13.1. The van der Waals surface area contributed by atoms with Crippen molar-refractivity contribution in [2.45, 2.75) is 52.1 Å². The van der Waals surface area contributed by atoms with Gasteiger partial charge in [0.05, 0.1) is 0 Å². The predicted molar refractivity (Wildman–Crippen MR) is 73.9 cm³/mol. The highest BCUT2D eigenvalue weighted by Gasteiger charge is 2.26. The van der Waals surface area contributed by atoms with Gasteiger partial charge in [0.15, 0.2) is 0 Å². The van der Waals surface area contributed by atoms with E-state index >= 15 is 0 Å². The van der Waals surface area contributed by atoms with E-state index in [1.54, 1.807) is 12.1 Å². The first-order chi connectivity index (χ1) is 8.58. The molecule has 0 aliphatic heterocycles. The van der Waals surface area contributed by atoms with Gasteiger partial charge >= 0.3 is 0 Å². The lowest BCUT2D eigenvalue weighted by Crippen LogP contribution is -2.40. The number of halogens is 1. The van der Waals surface area contributed by atoms with Crippen LogP contribution in [-0.4, -0.2) is 6.04 Å². The molecule has 2 heteroatoms. The highest BCUT2D eigenvalue weighted by Crippen LogP contribution is 2.30. The predicted octanol–water partition coefficient (Wildman–Crippen LogP) is 4.30. The lowest BCUT2D eigenvalue weighted by atomic mass is 9.79. The molecule has 4 atom stereocenters. The van der Waals surface area contributed by atoms with Gasteiger partial charge in [-0.15, -0.1) is 0 Å². The van der Waals surface area contributed by atoms with E-state index in [9.17, 15) is 4.39 Å². The molecule has 2 rings (SSSR count). The number of hydrogen-bond acceptors (Lipinski definition) is 1. The number of hydrogen-bond donors (Lipinski definition) is 1. The first-order valence-electron chi connectivity index (χ1n) is 7.08. The molecule has 1 nitrogen and oxygen atoms in total. The van der Waals surface area contributed by atoms with Gasteiger partial charge in [-0.3, -0.25) is 0 Å². The van der Waals surface area contributed by atoms with Gasteiger partial charge in [-0.1, -0.05) is 32.0 Å². The molecule has 0 bridgehead atoms. The van der Waals surface area contributed by atoms with Crippen LogP contribution >= 0.6 is 0 Å². The Balaban J connectivity index is 1.99. The maximum absolute atomic E-state index is 13.7. The maximum atomic E-state index is 13.7. The highest BCUT2D eigenvalue weighted by molar-refractivity contribution is 5.20. The molecule has 0 aromatic heterocycles.